The number of anilines is 2. The number of para-hydroxylation sites is 2. The maximum Gasteiger partial charge on any atom is 0.250 e. The van der Waals surface area contributed by atoms with Gasteiger partial charge < -0.3 is 10.2 Å². The van der Waals surface area contributed by atoms with E-state index in [9.17, 15) is 4.79 Å². The third kappa shape index (κ3) is 2.67. The van der Waals surface area contributed by atoms with Crippen molar-refractivity contribution in [2.24, 2.45) is 0 Å². The lowest BCUT2D eigenvalue weighted by atomic mass is 10.2. The van der Waals surface area contributed by atoms with Gasteiger partial charge in [0.1, 0.15) is 0 Å². The van der Waals surface area contributed by atoms with Gasteiger partial charge in [-0.25, -0.2) is 0 Å². The van der Waals surface area contributed by atoms with E-state index in [4.69, 9.17) is 0 Å². The molecule has 0 unspecified atom stereocenters. The molecule has 2 rings (SSSR count). The fourth-order valence-electron chi connectivity index (χ4n) is 1.99. The minimum absolute atomic E-state index is 0.0705. The summed E-state index contributed by atoms with van der Waals surface area (Å²) in [6, 6.07) is 7.96. The van der Waals surface area contributed by atoms with Crippen LogP contribution >= 0.6 is 0 Å². The Balaban J connectivity index is 2.35. The Kier molecular flexibility index (Phi) is 3.47. The van der Waals surface area contributed by atoms with Crippen molar-refractivity contribution >= 4 is 17.3 Å². The molecule has 0 aliphatic carbocycles. The number of amides is 1. The van der Waals surface area contributed by atoms with Gasteiger partial charge in [0.25, 0.3) is 5.91 Å². The molecule has 0 fully saturated rings. The fourth-order valence-corrected chi connectivity index (χ4v) is 1.99. The van der Waals surface area contributed by atoms with E-state index in [1.807, 2.05) is 43.0 Å². The number of carbonyl (C=O) groups is 1. The van der Waals surface area contributed by atoms with Crippen LogP contribution in [0.4, 0.5) is 11.4 Å². The first kappa shape index (κ1) is 11.7. The van der Waals surface area contributed by atoms with Crippen molar-refractivity contribution in [2.75, 3.05) is 23.3 Å². The zero-order chi connectivity index (χ0) is 12.3. The molecule has 1 aromatic rings. The van der Waals surface area contributed by atoms with E-state index in [0.717, 1.165) is 36.5 Å². The number of fused-ring (bicyclic) bond motifs is 1. The molecule has 0 spiro atoms. The molecule has 0 saturated heterocycles. The molecular formula is C14H18N2O. The van der Waals surface area contributed by atoms with Gasteiger partial charge in [-0.1, -0.05) is 17.7 Å². The average Bonchev–Trinajstić information content (AvgIpc) is 2.50. The van der Waals surface area contributed by atoms with Gasteiger partial charge in [-0.2, -0.15) is 0 Å². The summed E-state index contributed by atoms with van der Waals surface area (Å²) < 4.78 is 0. The molecule has 1 aliphatic heterocycles. The van der Waals surface area contributed by atoms with Gasteiger partial charge in [0, 0.05) is 19.2 Å². The third-order valence-electron chi connectivity index (χ3n) is 2.75. The van der Waals surface area contributed by atoms with Gasteiger partial charge in [0.2, 0.25) is 0 Å². The van der Waals surface area contributed by atoms with Gasteiger partial charge in [-0.05, 0) is 32.4 Å². The SMILES string of the molecule is CC(C)=CC(=O)N1CCCNc2ccccc21. The predicted octanol–water partition coefficient (Wildman–Crippen LogP) is 2.80. The van der Waals surface area contributed by atoms with Crippen molar-refractivity contribution in [3.8, 4) is 0 Å². The summed E-state index contributed by atoms with van der Waals surface area (Å²) in [5.41, 5.74) is 3.05. The number of hydrogen-bond donors (Lipinski definition) is 1. The molecule has 3 nitrogen and oxygen atoms in total. The summed E-state index contributed by atoms with van der Waals surface area (Å²) in [7, 11) is 0. The molecule has 90 valence electrons. The maximum atomic E-state index is 12.1. The van der Waals surface area contributed by atoms with Gasteiger partial charge in [-0.3, -0.25) is 4.79 Å². The van der Waals surface area contributed by atoms with E-state index in [-0.39, 0.29) is 5.91 Å². The molecule has 1 N–H and O–H groups in total. The number of carbonyl (C=O) groups excluding carboxylic acids is 1. The van der Waals surface area contributed by atoms with E-state index < -0.39 is 0 Å². The largest absolute Gasteiger partial charge is 0.383 e. The summed E-state index contributed by atoms with van der Waals surface area (Å²) in [5.74, 6) is 0.0705. The number of nitrogens with zero attached hydrogens (tertiary/aromatic N) is 1. The summed E-state index contributed by atoms with van der Waals surface area (Å²) in [4.78, 5) is 14.0. The molecule has 1 aliphatic rings. The standard InChI is InChI=1S/C14H18N2O/c1-11(2)10-14(17)16-9-5-8-15-12-6-3-4-7-13(12)16/h3-4,6-7,10,15H,5,8-9H2,1-2H3. The molecule has 0 bridgehead atoms. The van der Waals surface area contributed by atoms with Gasteiger partial charge in [0.15, 0.2) is 0 Å². The van der Waals surface area contributed by atoms with Crippen LogP contribution in [0.5, 0.6) is 0 Å². The minimum Gasteiger partial charge on any atom is -0.383 e. The summed E-state index contributed by atoms with van der Waals surface area (Å²) >= 11 is 0. The number of hydrogen-bond acceptors (Lipinski definition) is 2. The molecule has 0 aromatic heterocycles. The Labute approximate surface area is 102 Å². The van der Waals surface area contributed by atoms with E-state index in [1.165, 1.54) is 0 Å². The first-order valence-corrected chi connectivity index (χ1v) is 5.98. The van der Waals surface area contributed by atoms with Crippen molar-refractivity contribution in [3.63, 3.8) is 0 Å². The number of rotatable bonds is 1. The van der Waals surface area contributed by atoms with Gasteiger partial charge in [0.05, 0.1) is 11.4 Å². The Morgan fingerprint density at radius 1 is 1.35 bits per heavy atom. The van der Waals surface area contributed by atoms with E-state index >= 15 is 0 Å². The quantitative estimate of drug-likeness (QED) is 0.752. The van der Waals surface area contributed by atoms with Crippen molar-refractivity contribution in [3.05, 3.63) is 35.9 Å². The van der Waals surface area contributed by atoms with Crippen LogP contribution in [0.1, 0.15) is 20.3 Å². The van der Waals surface area contributed by atoms with E-state index in [1.54, 1.807) is 6.08 Å². The highest BCUT2D eigenvalue weighted by Crippen LogP contribution is 2.28. The first-order valence-electron chi connectivity index (χ1n) is 5.98. The van der Waals surface area contributed by atoms with Crippen LogP contribution in [0.2, 0.25) is 0 Å². The Morgan fingerprint density at radius 2 is 2.12 bits per heavy atom. The Hall–Kier alpha value is -1.77. The van der Waals surface area contributed by atoms with Crippen LogP contribution in [-0.4, -0.2) is 19.0 Å². The zero-order valence-electron chi connectivity index (χ0n) is 10.4. The number of allylic oxidation sites excluding steroid dienone is 1. The molecular weight excluding hydrogens is 212 g/mol. The Bertz CT molecular complexity index is 447. The van der Waals surface area contributed by atoms with Crippen molar-refractivity contribution in [1.82, 2.24) is 0 Å². The lowest BCUT2D eigenvalue weighted by Crippen LogP contribution is -2.30. The molecule has 3 heteroatoms. The first-order chi connectivity index (χ1) is 8.18. The monoisotopic (exact) mass is 230 g/mol. The van der Waals surface area contributed by atoms with Crippen molar-refractivity contribution < 1.29 is 4.79 Å². The molecule has 1 aromatic carbocycles. The lowest BCUT2D eigenvalue weighted by molar-refractivity contribution is -0.114. The summed E-state index contributed by atoms with van der Waals surface area (Å²) in [5, 5.41) is 3.35. The van der Waals surface area contributed by atoms with Gasteiger partial charge >= 0.3 is 0 Å². The molecule has 0 radical (unpaired) electrons. The number of benzene rings is 1. The van der Waals surface area contributed by atoms with Crippen LogP contribution in [-0.2, 0) is 4.79 Å². The smallest absolute Gasteiger partial charge is 0.250 e. The summed E-state index contributed by atoms with van der Waals surface area (Å²) in [6.07, 6.45) is 2.67. The van der Waals surface area contributed by atoms with Crippen LogP contribution in [0.3, 0.4) is 0 Å². The second-order valence-corrected chi connectivity index (χ2v) is 4.51. The van der Waals surface area contributed by atoms with Crippen molar-refractivity contribution in [1.29, 1.82) is 0 Å². The fraction of sp³-hybridized carbons (Fsp3) is 0.357. The molecule has 1 amide bonds. The maximum absolute atomic E-state index is 12.1. The normalized spacial score (nSPS) is 14.4. The van der Waals surface area contributed by atoms with Gasteiger partial charge in [-0.15, -0.1) is 0 Å². The predicted molar refractivity (Wildman–Crippen MR) is 71.3 cm³/mol. The second-order valence-electron chi connectivity index (χ2n) is 4.51. The Morgan fingerprint density at radius 3 is 2.88 bits per heavy atom. The molecule has 1 heterocycles. The van der Waals surface area contributed by atoms with Crippen LogP contribution in [0, 0.1) is 0 Å². The van der Waals surface area contributed by atoms with Crippen LogP contribution < -0.4 is 10.2 Å². The minimum atomic E-state index is 0.0705. The topological polar surface area (TPSA) is 32.3 Å². The molecule has 0 atom stereocenters. The molecule has 17 heavy (non-hydrogen) atoms. The third-order valence-corrected chi connectivity index (χ3v) is 2.75. The van der Waals surface area contributed by atoms with E-state index in [2.05, 4.69) is 5.32 Å². The average molecular weight is 230 g/mol. The zero-order valence-corrected chi connectivity index (χ0v) is 10.4. The summed E-state index contributed by atoms with van der Waals surface area (Å²) in [6.45, 7) is 5.57. The second kappa shape index (κ2) is 5.04. The van der Waals surface area contributed by atoms with E-state index in [0.29, 0.717) is 0 Å². The van der Waals surface area contributed by atoms with Crippen LogP contribution in [0.25, 0.3) is 0 Å². The van der Waals surface area contributed by atoms with Crippen molar-refractivity contribution in [2.45, 2.75) is 20.3 Å². The lowest BCUT2D eigenvalue weighted by Gasteiger charge is -2.21. The highest BCUT2D eigenvalue weighted by Gasteiger charge is 2.18. The van der Waals surface area contributed by atoms with Crippen LogP contribution in [0.15, 0.2) is 35.9 Å². The molecule has 0 saturated carbocycles. The highest BCUT2D eigenvalue weighted by atomic mass is 16.2. The number of nitrogens with one attached hydrogen (secondary N) is 1. The highest BCUT2D eigenvalue weighted by molar-refractivity contribution is 6.04.